The van der Waals surface area contributed by atoms with Crippen LogP contribution in [0.25, 0.3) is 0 Å². The van der Waals surface area contributed by atoms with Gasteiger partial charge in [-0.15, -0.1) is 0 Å². The highest BCUT2D eigenvalue weighted by molar-refractivity contribution is 7.98. The molecule has 1 aliphatic heterocycles. The number of nitrogens with zero attached hydrogens (tertiary/aromatic N) is 3. The molecule has 2 aromatic rings. The number of carbonyl (C=O) groups is 1. The number of hydrogen-bond donors (Lipinski definition) is 0. The number of hydrogen-bond acceptors (Lipinski definition) is 5. The molecule has 29 heavy (non-hydrogen) atoms. The Labute approximate surface area is 178 Å². The predicted molar refractivity (Wildman–Crippen MR) is 118 cm³/mol. The molecule has 6 heteroatoms. The Morgan fingerprint density at radius 1 is 1.14 bits per heavy atom. The average molecular weight is 414 g/mol. The van der Waals surface area contributed by atoms with Gasteiger partial charge in [-0.3, -0.25) is 4.79 Å². The van der Waals surface area contributed by atoms with E-state index < -0.39 is 0 Å². The van der Waals surface area contributed by atoms with E-state index in [0.717, 1.165) is 53.7 Å². The summed E-state index contributed by atoms with van der Waals surface area (Å²) in [5.41, 5.74) is 4.27. The van der Waals surface area contributed by atoms with Gasteiger partial charge in [-0.05, 0) is 62.6 Å². The second kappa shape index (κ2) is 10.1. The molecule has 1 aromatic carbocycles. The summed E-state index contributed by atoms with van der Waals surface area (Å²) >= 11 is 1.55. The molecular formula is C23H31N3O2S. The summed E-state index contributed by atoms with van der Waals surface area (Å²) < 4.78 is 5.29. The van der Waals surface area contributed by atoms with Gasteiger partial charge in [-0.25, -0.2) is 9.97 Å². The Hall–Kier alpha value is -2.08. The lowest BCUT2D eigenvalue weighted by atomic mass is 9.99. The largest absolute Gasteiger partial charge is 0.497 e. The smallest absolute Gasteiger partial charge is 0.223 e. The van der Waals surface area contributed by atoms with Crippen molar-refractivity contribution < 1.29 is 9.53 Å². The number of carbonyl (C=O) groups excluding carboxylic acids is 1. The van der Waals surface area contributed by atoms with E-state index in [9.17, 15) is 4.79 Å². The summed E-state index contributed by atoms with van der Waals surface area (Å²) in [4.78, 5) is 24.4. The molecule has 0 N–H and O–H groups in total. The van der Waals surface area contributed by atoms with Gasteiger partial charge in [0.15, 0.2) is 5.16 Å². The average Bonchev–Trinajstić information content (AvgIpc) is 2.99. The second-order valence-corrected chi connectivity index (χ2v) is 8.36. The van der Waals surface area contributed by atoms with Crippen molar-refractivity contribution in [2.75, 3.05) is 19.9 Å². The van der Waals surface area contributed by atoms with Crippen LogP contribution < -0.4 is 4.74 Å². The summed E-state index contributed by atoms with van der Waals surface area (Å²) in [5, 5.41) is 0.794. The van der Waals surface area contributed by atoms with Crippen LogP contribution in [-0.2, 0) is 11.2 Å². The van der Waals surface area contributed by atoms with Gasteiger partial charge in [0.1, 0.15) is 5.75 Å². The van der Waals surface area contributed by atoms with E-state index in [1.807, 2.05) is 32.2 Å². The number of rotatable bonds is 6. The van der Waals surface area contributed by atoms with Crippen molar-refractivity contribution in [1.82, 2.24) is 14.9 Å². The highest BCUT2D eigenvalue weighted by Crippen LogP contribution is 2.32. The standard InChI is InChI=1S/C23H31N3O2S/c1-16-20(17(2)25-23(24-16)29-4)13-14-22(27)26-15-7-5-6-8-21(26)18-9-11-19(28-3)12-10-18/h9-12,21H,5-8,13-15H2,1-4H3/t21-/m0/s1. The third-order valence-corrected chi connectivity index (χ3v) is 6.29. The van der Waals surface area contributed by atoms with E-state index in [4.69, 9.17) is 4.74 Å². The molecule has 0 spiro atoms. The molecule has 1 fully saturated rings. The monoisotopic (exact) mass is 413 g/mol. The van der Waals surface area contributed by atoms with Gasteiger partial charge in [0.05, 0.1) is 13.2 Å². The molecule has 3 rings (SSSR count). The fraction of sp³-hybridized carbons (Fsp3) is 0.522. The molecule has 1 saturated heterocycles. The number of amides is 1. The van der Waals surface area contributed by atoms with E-state index in [0.29, 0.717) is 12.8 Å². The molecule has 1 atom stereocenters. The predicted octanol–water partition coefficient (Wildman–Crippen LogP) is 4.90. The van der Waals surface area contributed by atoms with Crippen molar-refractivity contribution in [1.29, 1.82) is 0 Å². The molecule has 1 amide bonds. The van der Waals surface area contributed by atoms with Crippen LogP contribution in [0.2, 0.25) is 0 Å². The third kappa shape index (κ3) is 5.30. The van der Waals surface area contributed by atoms with Crippen LogP contribution in [0.4, 0.5) is 0 Å². The first-order chi connectivity index (χ1) is 14.0. The fourth-order valence-corrected chi connectivity index (χ4v) is 4.57. The number of thioether (sulfide) groups is 1. The van der Waals surface area contributed by atoms with Gasteiger partial charge in [0, 0.05) is 24.4 Å². The lowest BCUT2D eigenvalue weighted by molar-refractivity contribution is -0.133. The van der Waals surface area contributed by atoms with Crippen LogP contribution in [0.1, 0.15) is 60.7 Å². The maximum absolute atomic E-state index is 13.2. The molecule has 156 valence electrons. The van der Waals surface area contributed by atoms with Crippen LogP contribution in [0.5, 0.6) is 5.75 Å². The first-order valence-corrected chi connectivity index (χ1v) is 11.6. The lowest BCUT2D eigenvalue weighted by Gasteiger charge is -2.31. The maximum atomic E-state index is 13.2. The molecule has 2 heterocycles. The quantitative estimate of drug-likeness (QED) is 0.498. The molecular weight excluding hydrogens is 382 g/mol. The van der Waals surface area contributed by atoms with E-state index >= 15 is 0 Å². The molecule has 1 aliphatic rings. The zero-order chi connectivity index (χ0) is 20.8. The second-order valence-electron chi connectivity index (χ2n) is 7.59. The van der Waals surface area contributed by atoms with Crippen molar-refractivity contribution in [3.8, 4) is 5.75 Å². The number of aryl methyl sites for hydroxylation is 2. The lowest BCUT2D eigenvalue weighted by Crippen LogP contribution is -2.35. The number of methoxy groups -OCH3 is 1. The summed E-state index contributed by atoms with van der Waals surface area (Å²) in [5.74, 6) is 1.07. The molecule has 0 saturated carbocycles. The van der Waals surface area contributed by atoms with Crippen LogP contribution in [0.3, 0.4) is 0 Å². The Morgan fingerprint density at radius 3 is 2.45 bits per heavy atom. The van der Waals surface area contributed by atoms with Crippen molar-refractivity contribution in [3.63, 3.8) is 0 Å². The van der Waals surface area contributed by atoms with E-state index in [1.165, 1.54) is 12.0 Å². The third-order valence-electron chi connectivity index (χ3n) is 5.75. The van der Waals surface area contributed by atoms with Gasteiger partial charge in [0.2, 0.25) is 5.91 Å². The summed E-state index contributed by atoms with van der Waals surface area (Å²) in [6.07, 6.45) is 7.59. The fourth-order valence-electron chi connectivity index (χ4n) is 4.12. The van der Waals surface area contributed by atoms with Gasteiger partial charge < -0.3 is 9.64 Å². The Morgan fingerprint density at radius 2 is 1.83 bits per heavy atom. The van der Waals surface area contributed by atoms with Gasteiger partial charge in [-0.2, -0.15) is 0 Å². The molecule has 5 nitrogen and oxygen atoms in total. The van der Waals surface area contributed by atoms with Gasteiger partial charge in [0.25, 0.3) is 0 Å². The maximum Gasteiger partial charge on any atom is 0.223 e. The number of likely N-dealkylation sites (tertiary alicyclic amines) is 1. The highest BCUT2D eigenvalue weighted by atomic mass is 32.2. The van der Waals surface area contributed by atoms with Crippen LogP contribution in [0.15, 0.2) is 29.4 Å². The Balaban J connectivity index is 1.74. The molecule has 0 radical (unpaired) electrons. The first kappa shape index (κ1) is 21.6. The molecule has 1 aromatic heterocycles. The minimum absolute atomic E-state index is 0.146. The minimum Gasteiger partial charge on any atom is -0.497 e. The van der Waals surface area contributed by atoms with Crippen LogP contribution in [-0.4, -0.2) is 40.7 Å². The van der Waals surface area contributed by atoms with Crippen molar-refractivity contribution >= 4 is 17.7 Å². The SMILES string of the molecule is COc1ccc([C@@H]2CCCCCN2C(=O)CCc2c(C)nc(SC)nc2C)cc1. The number of aromatic nitrogens is 2. The Bertz CT molecular complexity index is 816. The zero-order valence-electron chi connectivity index (χ0n) is 17.9. The van der Waals surface area contributed by atoms with Crippen LogP contribution >= 0.6 is 11.8 Å². The molecule has 0 unspecified atom stereocenters. The van der Waals surface area contributed by atoms with E-state index in [1.54, 1.807) is 18.9 Å². The normalized spacial score (nSPS) is 17.1. The van der Waals surface area contributed by atoms with Crippen molar-refractivity contribution in [2.24, 2.45) is 0 Å². The topological polar surface area (TPSA) is 55.3 Å². The zero-order valence-corrected chi connectivity index (χ0v) is 18.7. The molecule has 0 bridgehead atoms. The Kier molecular flexibility index (Phi) is 7.53. The summed E-state index contributed by atoms with van der Waals surface area (Å²) in [6, 6.07) is 8.31. The van der Waals surface area contributed by atoms with Crippen molar-refractivity contribution in [2.45, 2.75) is 63.6 Å². The number of benzene rings is 1. The van der Waals surface area contributed by atoms with E-state index in [2.05, 4.69) is 27.0 Å². The van der Waals surface area contributed by atoms with Gasteiger partial charge in [-0.1, -0.05) is 36.7 Å². The summed E-state index contributed by atoms with van der Waals surface area (Å²) in [6.45, 7) is 4.86. The summed E-state index contributed by atoms with van der Waals surface area (Å²) in [7, 11) is 1.68. The number of ether oxygens (including phenoxy) is 1. The van der Waals surface area contributed by atoms with E-state index in [-0.39, 0.29) is 11.9 Å². The first-order valence-electron chi connectivity index (χ1n) is 10.3. The minimum atomic E-state index is 0.146. The highest BCUT2D eigenvalue weighted by Gasteiger charge is 2.27. The molecule has 0 aliphatic carbocycles. The van der Waals surface area contributed by atoms with Crippen LogP contribution in [0, 0.1) is 13.8 Å². The van der Waals surface area contributed by atoms with Crippen molar-refractivity contribution in [3.05, 3.63) is 46.8 Å². The van der Waals surface area contributed by atoms with Gasteiger partial charge >= 0.3 is 0 Å².